The van der Waals surface area contributed by atoms with Gasteiger partial charge in [0.15, 0.2) is 0 Å². The van der Waals surface area contributed by atoms with E-state index in [9.17, 15) is 15.0 Å². The Morgan fingerprint density at radius 2 is 1.46 bits per heavy atom. The molecule has 4 aromatic carbocycles. The van der Waals surface area contributed by atoms with E-state index < -0.39 is 24.2 Å². The summed E-state index contributed by atoms with van der Waals surface area (Å²) in [4.78, 5) is 13.6. The van der Waals surface area contributed by atoms with E-state index in [1.165, 1.54) is 0 Å². The van der Waals surface area contributed by atoms with Crippen molar-refractivity contribution in [3.8, 4) is 11.1 Å². The number of rotatable bonds is 9. The summed E-state index contributed by atoms with van der Waals surface area (Å²) in [7, 11) is 0. The second-order valence-electron chi connectivity index (χ2n) is 9.96. The van der Waals surface area contributed by atoms with Crippen molar-refractivity contribution in [1.82, 2.24) is 5.32 Å². The van der Waals surface area contributed by atoms with Crippen LogP contribution < -0.4 is 5.32 Å². The fourth-order valence-corrected chi connectivity index (χ4v) is 5.46. The molecule has 4 atom stereocenters. The Morgan fingerprint density at radius 1 is 0.811 bits per heavy atom. The number of aliphatic hydroxyl groups is 2. The standard InChI is InChI=1S/C33H33NO3/c35-28(20-25-15-7-9-17-29(25)24-13-5-2-6-14-24)21-27(19-23-11-3-1-4-12-23)33(37)34-32-30-18-10-8-16-26(30)22-31(32)36/h1-18,27-28,31-32,35-36H,19-22H2,(H,34,37)/t27?,28-,31-,32+/m1/s1. The summed E-state index contributed by atoms with van der Waals surface area (Å²) in [5, 5.41) is 25.0. The Morgan fingerprint density at radius 3 is 2.24 bits per heavy atom. The van der Waals surface area contributed by atoms with E-state index in [0.717, 1.165) is 33.4 Å². The Labute approximate surface area is 218 Å². The van der Waals surface area contributed by atoms with Gasteiger partial charge in [-0.15, -0.1) is 0 Å². The average molecular weight is 492 g/mol. The molecule has 3 N–H and O–H groups in total. The summed E-state index contributed by atoms with van der Waals surface area (Å²) in [5.41, 5.74) is 6.35. The number of fused-ring (bicyclic) bond motifs is 1. The highest BCUT2D eigenvalue weighted by Crippen LogP contribution is 2.32. The molecule has 0 spiro atoms. The van der Waals surface area contributed by atoms with Crippen molar-refractivity contribution in [3.63, 3.8) is 0 Å². The van der Waals surface area contributed by atoms with Gasteiger partial charge in [0, 0.05) is 12.3 Å². The van der Waals surface area contributed by atoms with Gasteiger partial charge in [0.2, 0.25) is 5.91 Å². The number of aliphatic hydroxyl groups excluding tert-OH is 2. The van der Waals surface area contributed by atoms with Crippen LogP contribution in [0.5, 0.6) is 0 Å². The largest absolute Gasteiger partial charge is 0.393 e. The van der Waals surface area contributed by atoms with Crippen LogP contribution in [-0.4, -0.2) is 28.3 Å². The SMILES string of the molecule is O=C(N[C@H]1c2ccccc2C[C@H]1O)C(Cc1ccccc1)C[C@H](O)Cc1ccccc1-c1ccccc1. The van der Waals surface area contributed by atoms with Gasteiger partial charge >= 0.3 is 0 Å². The van der Waals surface area contributed by atoms with Crippen LogP contribution in [0.2, 0.25) is 0 Å². The van der Waals surface area contributed by atoms with Gasteiger partial charge in [-0.05, 0) is 52.6 Å². The minimum Gasteiger partial charge on any atom is -0.393 e. The van der Waals surface area contributed by atoms with Crippen molar-refractivity contribution in [2.24, 2.45) is 5.92 Å². The lowest BCUT2D eigenvalue weighted by Crippen LogP contribution is -2.39. The van der Waals surface area contributed by atoms with Gasteiger partial charge in [0.1, 0.15) is 0 Å². The van der Waals surface area contributed by atoms with Crippen LogP contribution in [0.4, 0.5) is 0 Å². The van der Waals surface area contributed by atoms with Crippen molar-refractivity contribution in [2.45, 2.75) is 43.9 Å². The summed E-state index contributed by atoms with van der Waals surface area (Å²) in [6.45, 7) is 0. The van der Waals surface area contributed by atoms with Crippen LogP contribution in [0.3, 0.4) is 0 Å². The second-order valence-corrected chi connectivity index (χ2v) is 9.96. The van der Waals surface area contributed by atoms with Gasteiger partial charge in [0.05, 0.1) is 18.2 Å². The molecule has 1 aliphatic carbocycles. The number of nitrogens with one attached hydrogen (secondary N) is 1. The molecule has 0 saturated heterocycles. The topological polar surface area (TPSA) is 69.6 Å². The van der Waals surface area contributed by atoms with Crippen molar-refractivity contribution in [2.75, 3.05) is 0 Å². The smallest absolute Gasteiger partial charge is 0.224 e. The molecule has 4 nitrogen and oxygen atoms in total. The molecule has 1 amide bonds. The van der Waals surface area contributed by atoms with Crippen molar-refractivity contribution in [3.05, 3.63) is 131 Å². The molecule has 0 aromatic heterocycles. The van der Waals surface area contributed by atoms with Gasteiger partial charge in [-0.1, -0.05) is 109 Å². The van der Waals surface area contributed by atoms with E-state index >= 15 is 0 Å². The first-order chi connectivity index (χ1) is 18.1. The normalized spacial score (nSPS) is 18.1. The van der Waals surface area contributed by atoms with Crippen LogP contribution in [0.1, 0.15) is 34.7 Å². The number of hydrogen-bond acceptors (Lipinski definition) is 3. The molecule has 1 aliphatic rings. The first kappa shape index (κ1) is 24.9. The maximum atomic E-state index is 13.6. The van der Waals surface area contributed by atoms with Gasteiger partial charge in [-0.25, -0.2) is 0 Å². The number of benzene rings is 4. The zero-order valence-corrected chi connectivity index (χ0v) is 20.8. The molecular formula is C33H33NO3. The lowest BCUT2D eigenvalue weighted by molar-refractivity contribution is -0.127. The maximum absolute atomic E-state index is 13.6. The molecule has 0 fully saturated rings. The summed E-state index contributed by atoms with van der Waals surface area (Å²) in [5.74, 6) is -0.568. The van der Waals surface area contributed by atoms with Gasteiger partial charge in [-0.3, -0.25) is 4.79 Å². The first-order valence-corrected chi connectivity index (χ1v) is 13.0. The zero-order chi connectivity index (χ0) is 25.6. The lowest BCUT2D eigenvalue weighted by Gasteiger charge is -2.25. The highest BCUT2D eigenvalue weighted by Gasteiger charge is 2.34. The molecule has 0 bridgehead atoms. The van der Waals surface area contributed by atoms with Gasteiger partial charge < -0.3 is 15.5 Å². The number of hydrogen-bond donors (Lipinski definition) is 3. The van der Waals surface area contributed by atoms with Gasteiger partial charge in [-0.2, -0.15) is 0 Å². The molecule has 5 rings (SSSR count). The highest BCUT2D eigenvalue weighted by molar-refractivity contribution is 5.80. The van der Waals surface area contributed by atoms with Crippen LogP contribution in [-0.2, 0) is 24.1 Å². The van der Waals surface area contributed by atoms with Crippen molar-refractivity contribution in [1.29, 1.82) is 0 Å². The summed E-state index contributed by atoms with van der Waals surface area (Å²) < 4.78 is 0. The summed E-state index contributed by atoms with van der Waals surface area (Å²) >= 11 is 0. The first-order valence-electron chi connectivity index (χ1n) is 13.0. The van der Waals surface area contributed by atoms with E-state index in [-0.39, 0.29) is 5.91 Å². The van der Waals surface area contributed by atoms with Crippen molar-refractivity contribution < 1.29 is 15.0 Å². The Balaban J connectivity index is 1.34. The average Bonchev–Trinajstić information content (AvgIpc) is 3.24. The van der Waals surface area contributed by atoms with Gasteiger partial charge in [0.25, 0.3) is 0 Å². The molecule has 4 heteroatoms. The summed E-state index contributed by atoms with van der Waals surface area (Å²) in [6.07, 6.45) is 0.497. The number of carbonyl (C=O) groups excluding carboxylic acids is 1. The van der Waals surface area contributed by atoms with Crippen LogP contribution >= 0.6 is 0 Å². The molecule has 1 unspecified atom stereocenters. The molecule has 0 aliphatic heterocycles. The fraction of sp³-hybridized carbons (Fsp3) is 0.242. The van der Waals surface area contributed by atoms with Crippen molar-refractivity contribution >= 4 is 5.91 Å². The number of carbonyl (C=O) groups is 1. The molecule has 188 valence electrons. The summed E-state index contributed by atoms with van der Waals surface area (Å²) in [6, 6.07) is 35.6. The molecule has 0 heterocycles. The third-order valence-electron chi connectivity index (χ3n) is 7.31. The van der Waals surface area contributed by atoms with Crippen LogP contribution in [0, 0.1) is 5.92 Å². The zero-order valence-electron chi connectivity index (χ0n) is 20.8. The Bertz CT molecular complexity index is 1320. The van der Waals surface area contributed by atoms with E-state index in [1.54, 1.807) is 0 Å². The Hall–Kier alpha value is -3.73. The van der Waals surface area contributed by atoms with Crippen LogP contribution in [0.25, 0.3) is 11.1 Å². The molecule has 0 saturated carbocycles. The minimum absolute atomic E-state index is 0.139. The fourth-order valence-electron chi connectivity index (χ4n) is 5.46. The number of amides is 1. The molecule has 4 aromatic rings. The van der Waals surface area contributed by atoms with E-state index in [4.69, 9.17) is 0 Å². The minimum atomic E-state index is -0.690. The highest BCUT2D eigenvalue weighted by atomic mass is 16.3. The third kappa shape index (κ3) is 5.99. The monoisotopic (exact) mass is 491 g/mol. The maximum Gasteiger partial charge on any atom is 0.224 e. The quantitative estimate of drug-likeness (QED) is 0.298. The Kier molecular flexibility index (Phi) is 7.79. The third-order valence-corrected chi connectivity index (χ3v) is 7.31. The van der Waals surface area contributed by atoms with Crippen LogP contribution in [0.15, 0.2) is 109 Å². The van der Waals surface area contributed by atoms with E-state index in [1.807, 2.05) is 91.0 Å². The molecule has 0 radical (unpaired) electrons. The second kappa shape index (κ2) is 11.5. The molecule has 37 heavy (non-hydrogen) atoms. The lowest BCUT2D eigenvalue weighted by atomic mass is 9.88. The van der Waals surface area contributed by atoms with E-state index in [0.29, 0.717) is 25.7 Å². The molecular weight excluding hydrogens is 458 g/mol. The van der Waals surface area contributed by atoms with E-state index in [2.05, 4.69) is 23.5 Å². The predicted molar refractivity (Wildman–Crippen MR) is 147 cm³/mol. The predicted octanol–water partition coefficient (Wildman–Crippen LogP) is 5.28.